The zero-order chi connectivity index (χ0) is 12.9. The van der Waals surface area contributed by atoms with Crippen LogP contribution in [0.15, 0.2) is 29.2 Å². The lowest BCUT2D eigenvalue weighted by Crippen LogP contribution is -2.47. The summed E-state index contributed by atoms with van der Waals surface area (Å²) in [6, 6.07) is 7.97. The molecule has 0 aliphatic carbocycles. The highest BCUT2D eigenvalue weighted by atomic mass is 32.2. The summed E-state index contributed by atoms with van der Waals surface area (Å²) in [6.45, 7) is 5.55. The van der Waals surface area contributed by atoms with Crippen molar-refractivity contribution in [3.63, 3.8) is 0 Å². The van der Waals surface area contributed by atoms with Gasteiger partial charge < -0.3 is 10.4 Å². The maximum atomic E-state index is 11.7. The van der Waals surface area contributed by atoms with E-state index in [9.17, 15) is 4.79 Å². The predicted molar refractivity (Wildman–Crippen MR) is 71.2 cm³/mol. The molecule has 0 atom stereocenters. The number of nitrogens with one attached hydrogen (secondary N) is 1. The van der Waals surface area contributed by atoms with Gasteiger partial charge in [-0.3, -0.25) is 4.79 Å². The summed E-state index contributed by atoms with van der Waals surface area (Å²) in [5.41, 5.74) is 0.621. The predicted octanol–water partition coefficient (Wildman–Crippen LogP) is 1.97. The second-order valence-electron chi connectivity index (χ2n) is 4.64. The smallest absolute Gasteiger partial charge is 0.230 e. The fourth-order valence-electron chi connectivity index (χ4n) is 1.31. The molecule has 1 aromatic carbocycles. The molecular weight excluding hydrogens is 234 g/mol. The maximum absolute atomic E-state index is 11.7. The Hall–Kier alpha value is -1.00. The van der Waals surface area contributed by atoms with Crippen molar-refractivity contribution in [1.29, 1.82) is 0 Å². The fourth-order valence-corrected chi connectivity index (χ4v) is 2.14. The highest BCUT2D eigenvalue weighted by Gasteiger charge is 2.18. The van der Waals surface area contributed by atoms with Crippen LogP contribution in [-0.4, -0.2) is 28.9 Å². The van der Waals surface area contributed by atoms with Gasteiger partial charge in [-0.25, -0.2) is 0 Å². The second kappa shape index (κ2) is 6.07. The molecule has 3 nitrogen and oxygen atoms in total. The number of carbonyl (C=O) groups is 1. The van der Waals surface area contributed by atoms with Gasteiger partial charge in [0.2, 0.25) is 5.91 Å². The minimum atomic E-state index is -0.552. The first-order valence-electron chi connectivity index (χ1n) is 5.55. The average Bonchev–Trinajstić information content (AvgIpc) is 2.27. The normalized spacial score (nSPS) is 11.3. The molecule has 17 heavy (non-hydrogen) atoms. The van der Waals surface area contributed by atoms with Gasteiger partial charge in [0.25, 0.3) is 0 Å². The molecule has 0 saturated carbocycles. The topological polar surface area (TPSA) is 49.3 Å². The van der Waals surface area contributed by atoms with E-state index in [-0.39, 0.29) is 12.5 Å². The van der Waals surface area contributed by atoms with Gasteiger partial charge in [-0.1, -0.05) is 18.2 Å². The summed E-state index contributed by atoms with van der Waals surface area (Å²) in [4.78, 5) is 12.8. The van der Waals surface area contributed by atoms with Crippen molar-refractivity contribution in [2.45, 2.75) is 31.2 Å². The molecule has 1 rings (SSSR count). The largest absolute Gasteiger partial charge is 0.394 e. The van der Waals surface area contributed by atoms with Gasteiger partial charge in [-0.05, 0) is 32.4 Å². The van der Waals surface area contributed by atoms with Gasteiger partial charge in [0, 0.05) is 4.90 Å². The molecule has 2 N–H and O–H groups in total. The second-order valence-corrected chi connectivity index (χ2v) is 5.66. The first-order valence-corrected chi connectivity index (χ1v) is 6.53. The molecule has 0 fully saturated rings. The summed E-state index contributed by atoms with van der Waals surface area (Å²) in [6.07, 6.45) is 0. The number of aliphatic hydroxyl groups is 1. The van der Waals surface area contributed by atoms with Gasteiger partial charge in [-0.2, -0.15) is 0 Å². The highest BCUT2D eigenvalue weighted by molar-refractivity contribution is 8.00. The molecule has 94 valence electrons. The van der Waals surface area contributed by atoms with E-state index in [1.54, 1.807) is 13.8 Å². The van der Waals surface area contributed by atoms with Crippen molar-refractivity contribution in [3.05, 3.63) is 29.8 Å². The Kier molecular flexibility index (Phi) is 5.02. The van der Waals surface area contributed by atoms with Crippen molar-refractivity contribution in [2.75, 3.05) is 12.4 Å². The molecule has 0 aliphatic rings. The molecule has 0 aromatic heterocycles. The number of aryl methyl sites for hydroxylation is 1. The minimum absolute atomic E-state index is 0.0581. The van der Waals surface area contributed by atoms with Crippen molar-refractivity contribution in [1.82, 2.24) is 5.32 Å². The van der Waals surface area contributed by atoms with E-state index in [0.717, 1.165) is 4.90 Å². The van der Waals surface area contributed by atoms with Gasteiger partial charge >= 0.3 is 0 Å². The highest BCUT2D eigenvalue weighted by Crippen LogP contribution is 2.21. The van der Waals surface area contributed by atoms with Crippen LogP contribution in [0.3, 0.4) is 0 Å². The van der Waals surface area contributed by atoms with E-state index >= 15 is 0 Å². The summed E-state index contributed by atoms with van der Waals surface area (Å²) < 4.78 is 0. The van der Waals surface area contributed by atoms with Gasteiger partial charge in [-0.15, -0.1) is 11.8 Å². The lowest BCUT2D eigenvalue weighted by molar-refractivity contribution is -0.120. The molecular formula is C13H19NO2S. The summed E-state index contributed by atoms with van der Waals surface area (Å²) >= 11 is 1.51. The fraction of sp³-hybridized carbons (Fsp3) is 0.462. The molecule has 0 aliphatic heterocycles. The van der Waals surface area contributed by atoms with Crippen LogP contribution < -0.4 is 5.32 Å². The lowest BCUT2D eigenvalue weighted by Gasteiger charge is -2.23. The standard InChI is InChI=1S/C13H19NO2S/c1-10-6-4-5-7-11(10)17-8-12(16)14-13(2,3)9-15/h4-7,15H,8-9H2,1-3H3,(H,14,16). The number of carbonyl (C=O) groups excluding carboxylic acids is 1. The number of rotatable bonds is 5. The van der Waals surface area contributed by atoms with Crippen molar-refractivity contribution < 1.29 is 9.90 Å². The molecule has 0 spiro atoms. The third-order valence-electron chi connectivity index (χ3n) is 2.33. The van der Waals surface area contributed by atoms with Crippen molar-refractivity contribution >= 4 is 17.7 Å². The van der Waals surface area contributed by atoms with Crippen LogP contribution in [0.1, 0.15) is 19.4 Å². The van der Waals surface area contributed by atoms with E-state index in [1.165, 1.54) is 17.3 Å². The third-order valence-corrected chi connectivity index (χ3v) is 3.50. The van der Waals surface area contributed by atoms with E-state index in [4.69, 9.17) is 5.11 Å². The van der Waals surface area contributed by atoms with E-state index in [0.29, 0.717) is 5.75 Å². The average molecular weight is 253 g/mol. The molecule has 1 amide bonds. The monoisotopic (exact) mass is 253 g/mol. The third kappa shape index (κ3) is 4.79. The Labute approximate surface area is 107 Å². The number of amides is 1. The first-order chi connectivity index (χ1) is 7.94. The first kappa shape index (κ1) is 14.1. The van der Waals surface area contributed by atoms with Crippen molar-refractivity contribution in [3.8, 4) is 0 Å². The van der Waals surface area contributed by atoms with Crippen LogP contribution in [0.5, 0.6) is 0 Å². The number of benzene rings is 1. The van der Waals surface area contributed by atoms with Gasteiger partial charge in [0.05, 0.1) is 17.9 Å². The Balaban J connectivity index is 2.47. The zero-order valence-electron chi connectivity index (χ0n) is 10.5. The Bertz CT molecular complexity index is 391. The molecule has 0 radical (unpaired) electrons. The Morgan fingerprint density at radius 3 is 2.65 bits per heavy atom. The molecule has 0 bridgehead atoms. The van der Waals surface area contributed by atoms with Gasteiger partial charge in [0.15, 0.2) is 0 Å². The van der Waals surface area contributed by atoms with Crippen LogP contribution in [0.2, 0.25) is 0 Å². The molecule has 1 aromatic rings. The summed E-state index contributed by atoms with van der Waals surface area (Å²) in [5.74, 6) is 0.311. The molecule has 0 heterocycles. The van der Waals surface area contributed by atoms with Crippen LogP contribution in [0, 0.1) is 6.92 Å². The number of aliphatic hydroxyl groups excluding tert-OH is 1. The van der Waals surface area contributed by atoms with Crippen LogP contribution in [0.25, 0.3) is 0 Å². The van der Waals surface area contributed by atoms with Crippen molar-refractivity contribution in [2.24, 2.45) is 0 Å². The van der Waals surface area contributed by atoms with Crippen LogP contribution in [0.4, 0.5) is 0 Å². The Morgan fingerprint density at radius 1 is 1.41 bits per heavy atom. The number of hydrogen-bond donors (Lipinski definition) is 2. The quantitative estimate of drug-likeness (QED) is 0.789. The summed E-state index contributed by atoms with van der Waals surface area (Å²) in [5, 5.41) is 11.8. The SMILES string of the molecule is Cc1ccccc1SCC(=O)NC(C)(C)CO. The van der Waals surface area contributed by atoms with E-state index in [2.05, 4.69) is 5.32 Å². The van der Waals surface area contributed by atoms with E-state index in [1.807, 2.05) is 31.2 Å². The number of thioether (sulfide) groups is 1. The van der Waals surface area contributed by atoms with E-state index < -0.39 is 5.54 Å². The maximum Gasteiger partial charge on any atom is 0.230 e. The van der Waals surface area contributed by atoms with Crippen LogP contribution >= 0.6 is 11.8 Å². The molecule has 0 saturated heterocycles. The molecule has 0 unspecified atom stereocenters. The summed E-state index contributed by atoms with van der Waals surface area (Å²) in [7, 11) is 0. The van der Waals surface area contributed by atoms with Gasteiger partial charge in [0.1, 0.15) is 0 Å². The Morgan fingerprint density at radius 2 is 2.06 bits per heavy atom. The number of hydrogen-bond acceptors (Lipinski definition) is 3. The molecule has 4 heteroatoms. The zero-order valence-corrected chi connectivity index (χ0v) is 11.3. The minimum Gasteiger partial charge on any atom is -0.394 e. The lowest BCUT2D eigenvalue weighted by atomic mass is 10.1. The van der Waals surface area contributed by atoms with Crippen LogP contribution in [-0.2, 0) is 4.79 Å².